The lowest BCUT2D eigenvalue weighted by Crippen LogP contribution is -2.45. The van der Waals surface area contributed by atoms with Crippen LogP contribution in [0.4, 0.5) is 0 Å². The van der Waals surface area contributed by atoms with Crippen LogP contribution in [0.1, 0.15) is 25.7 Å². The summed E-state index contributed by atoms with van der Waals surface area (Å²) < 4.78 is 5.17. The van der Waals surface area contributed by atoms with Crippen LogP contribution in [0.25, 0.3) is 0 Å². The predicted molar refractivity (Wildman–Crippen MR) is 68.2 cm³/mol. The number of likely N-dealkylation sites (tertiary alicyclic amines) is 1. The molecule has 1 heterocycles. The number of aliphatic hydroxyl groups is 1. The van der Waals surface area contributed by atoms with Crippen LogP contribution in [0, 0.1) is 5.41 Å². The van der Waals surface area contributed by atoms with E-state index in [1.165, 1.54) is 0 Å². The lowest BCUT2D eigenvalue weighted by molar-refractivity contribution is -0.123. The molecule has 1 saturated heterocycles. The number of rotatable bonds is 6. The van der Waals surface area contributed by atoms with Crippen molar-refractivity contribution in [2.45, 2.75) is 31.8 Å². The quantitative estimate of drug-likeness (QED) is 0.701. The number of ether oxygens (including phenoxy) is 1. The highest BCUT2D eigenvalue weighted by Crippen LogP contribution is 2.44. The maximum atomic E-state index is 11.8. The molecule has 0 spiro atoms. The minimum atomic E-state index is -0.269. The predicted octanol–water partition coefficient (Wildman–Crippen LogP) is -0.0141. The van der Waals surface area contributed by atoms with E-state index >= 15 is 0 Å². The van der Waals surface area contributed by atoms with E-state index in [1.807, 2.05) is 4.90 Å². The highest BCUT2D eigenvalue weighted by atomic mass is 16.5. The molecule has 2 N–H and O–H groups in total. The average Bonchev–Trinajstić information content (AvgIpc) is 3.08. The monoisotopic (exact) mass is 256 g/mol. The average molecular weight is 256 g/mol. The Bertz CT molecular complexity index is 292. The van der Waals surface area contributed by atoms with Crippen molar-refractivity contribution < 1.29 is 14.6 Å². The minimum absolute atomic E-state index is 0.0616. The van der Waals surface area contributed by atoms with E-state index in [-0.39, 0.29) is 17.4 Å². The van der Waals surface area contributed by atoms with Crippen molar-refractivity contribution in [1.29, 1.82) is 0 Å². The SMILES string of the molecule is COCC1(CNC(=O)CN2CCCC(O)C2)CC1. The van der Waals surface area contributed by atoms with Gasteiger partial charge in [-0.15, -0.1) is 0 Å². The highest BCUT2D eigenvalue weighted by molar-refractivity contribution is 5.78. The summed E-state index contributed by atoms with van der Waals surface area (Å²) in [6, 6.07) is 0. The first-order valence-corrected chi connectivity index (χ1v) is 6.80. The van der Waals surface area contributed by atoms with E-state index in [4.69, 9.17) is 4.74 Å². The van der Waals surface area contributed by atoms with Crippen LogP contribution in [0.5, 0.6) is 0 Å². The topological polar surface area (TPSA) is 61.8 Å². The van der Waals surface area contributed by atoms with Gasteiger partial charge in [0.05, 0.1) is 19.3 Å². The normalized spacial score (nSPS) is 26.9. The first-order chi connectivity index (χ1) is 8.63. The van der Waals surface area contributed by atoms with Crippen molar-refractivity contribution in [3.05, 3.63) is 0 Å². The molecular formula is C13H24N2O3. The molecule has 1 saturated carbocycles. The number of aliphatic hydroxyl groups excluding tert-OH is 1. The Labute approximate surface area is 108 Å². The molecule has 1 unspecified atom stereocenters. The molecule has 18 heavy (non-hydrogen) atoms. The lowest BCUT2D eigenvalue weighted by atomic mass is 10.1. The zero-order valence-electron chi connectivity index (χ0n) is 11.2. The third kappa shape index (κ3) is 3.93. The van der Waals surface area contributed by atoms with Gasteiger partial charge in [-0.2, -0.15) is 0 Å². The molecule has 1 aliphatic carbocycles. The molecule has 0 aromatic carbocycles. The summed E-state index contributed by atoms with van der Waals surface area (Å²) in [5, 5.41) is 12.5. The number of methoxy groups -OCH3 is 1. The van der Waals surface area contributed by atoms with Gasteiger partial charge in [-0.1, -0.05) is 0 Å². The molecule has 2 rings (SSSR count). The number of nitrogens with zero attached hydrogens (tertiary/aromatic N) is 1. The van der Waals surface area contributed by atoms with Gasteiger partial charge in [0.25, 0.3) is 0 Å². The number of amides is 1. The van der Waals surface area contributed by atoms with Crippen molar-refractivity contribution in [3.63, 3.8) is 0 Å². The van der Waals surface area contributed by atoms with Gasteiger partial charge >= 0.3 is 0 Å². The number of piperidine rings is 1. The van der Waals surface area contributed by atoms with Gasteiger partial charge in [0.15, 0.2) is 0 Å². The first-order valence-electron chi connectivity index (χ1n) is 6.80. The zero-order chi connectivity index (χ0) is 13.0. The van der Waals surface area contributed by atoms with Gasteiger partial charge < -0.3 is 15.2 Å². The van der Waals surface area contributed by atoms with E-state index < -0.39 is 0 Å². The van der Waals surface area contributed by atoms with Crippen molar-refractivity contribution in [2.75, 3.05) is 39.9 Å². The molecule has 104 valence electrons. The van der Waals surface area contributed by atoms with Gasteiger partial charge in [-0.25, -0.2) is 0 Å². The first kappa shape index (κ1) is 13.8. The Hall–Kier alpha value is -0.650. The van der Waals surface area contributed by atoms with Crippen LogP contribution < -0.4 is 5.32 Å². The fourth-order valence-electron chi connectivity index (χ4n) is 2.57. The molecule has 5 heteroatoms. The van der Waals surface area contributed by atoms with Gasteiger partial charge in [0.2, 0.25) is 5.91 Å². The molecule has 2 fully saturated rings. The molecule has 5 nitrogen and oxygen atoms in total. The number of hydrogen-bond donors (Lipinski definition) is 2. The fourth-order valence-corrected chi connectivity index (χ4v) is 2.57. The Morgan fingerprint density at radius 3 is 2.94 bits per heavy atom. The second kappa shape index (κ2) is 5.99. The Kier molecular flexibility index (Phi) is 4.59. The van der Waals surface area contributed by atoms with Crippen LogP contribution in [0.3, 0.4) is 0 Å². The second-order valence-corrected chi connectivity index (χ2v) is 5.74. The Morgan fingerprint density at radius 1 is 1.56 bits per heavy atom. The summed E-state index contributed by atoms with van der Waals surface area (Å²) in [7, 11) is 1.71. The number of nitrogens with one attached hydrogen (secondary N) is 1. The van der Waals surface area contributed by atoms with Crippen LogP contribution in [0.15, 0.2) is 0 Å². The summed E-state index contributed by atoms with van der Waals surface area (Å²) in [4.78, 5) is 13.8. The van der Waals surface area contributed by atoms with Crippen molar-refractivity contribution in [3.8, 4) is 0 Å². The molecule has 1 aliphatic heterocycles. The summed E-state index contributed by atoms with van der Waals surface area (Å²) in [6.07, 6.45) is 3.85. The van der Waals surface area contributed by atoms with Crippen LogP contribution in [-0.2, 0) is 9.53 Å². The second-order valence-electron chi connectivity index (χ2n) is 5.74. The van der Waals surface area contributed by atoms with E-state index in [0.717, 1.165) is 45.4 Å². The maximum Gasteiger partial charge on any atom is 0.234 e. The Balaban J connectivity index is 1.66. The smallest absolute Gasteiger partial charge is 0.234 e. The lowest BCUT2D eigenvalue weighted by Gasteiger charge is -2.29. The van der Waals surface area contributed by atoms with Gasteiger partial charge in [-0.05, 0) is 32.2 Å². The maximum absolute atomic E-state index is 11.8. The molecule has 0 bridgehead atoms. The van der Waals surface area contributed by atoms with Gasteiger partial charge in [0, 0.05) is 25.6 Å². The van der Waals surface area contributed by atoms with Crippen molar-refractivity contribution in [2.24, 2.45) is 5.41 Å². The van der Waals surface area contributed by atoms with E-state index in [1.54, 1.807) is 7.11 Å². The summed E-state index contributed by atoms with van der Waals surface area (Å²) in [5.74, 6) is 0.0616. The molecule has 0 aromatic heterocycles. The van der Waals surface area contributed by atoms with Crippen LogP contribution in [-0.4, -0.2) is 61.9 Å². The van der Waals surface area contributed by atoms with Gasteiger partial charge in [-0.3, -0.25) is 9.69 Å². The largest absolute Gasteiger partial charge is 0.392 e. The van der Waals surface area contributed by atoms with E-state index in [2.05, 4.69) is 5.32 Å². The highest BCUT2D eigenvalue weighted by Gasteiger charge is 2.42. The minimum Gasteiger partial charge on any atom is -0.392 e. The Morgan fingerprint density at radius 2 is 2.33 bits per heavy atom. The van der Waals surface area contributed by atoms with Crippen LogP contribution >= 0.6 is 0 Å². The molecule has 0 aromatic rings. The van der Waals surface area contributed by atoms with Crippen molar-refractivity contribution in [1.82, 2.24) is 10.2 Å². The van der Waals surface area contributed by atoms with Gasteiger partial charge in [0.1, 0.15) is 0 Å². The number of β-amino-alcohol motifs (C(OH)–C–C–N with tert-alkyl or cyclic N) is 1. The van der Waals surface area contributed by atoms with E-state index in [9.17, 15) is 9.90 Å². The van der Waals surface area contributed by atoms with Crippen LogP contribution in [0.2, 0.25) is 0 Å². The summed E-state index contributed by atoms with van der Waals surface area (Å²) >= 11 is 0. The fraction of sp³-hybridized carbons (Fsp3) is 0.923. The third-order valence-corrected chi connectivity index (χ3v) is 3.92. The molecule has 1 atom stereocenters. The number of carbonyl (C=O) groups excluding carboxylic acids is 1. The molecule has 2 aliphatic rings. The number of carbonyl (C=O) groups is 1. The number of hydrogen-bond acceptors (Lipinski definition) is 4. The molecule has 0 radical (unpaired) electrons. The summed E-state index contributed by atoms with van der Waals surface area (Å²) in [5.41, 5.74) is 0.200. The third-order valence-electron chi connectivity index (χ3n) is 3.92. The van der Waals surface area contributed by atoms with Crippen molar-refractivity contribution >= 4 is 5.91 Å². The zero-order valence-corrected chi connectivity index (χ0v) is 11.2. The summed E-state index contributed by atoms with van der Waals surface area (Å²) in [6.45, 7) is 3.39. The molecule has 1 amide bonds. The van der Waals surface area contributed by atoms with E-state index in [0.29, 0.717) is 13.1 Å². The standard InChI is InChI=1S/C13H24N2O3/c1-18-10-13(4-5-13)9-14-12(17)8-15-6-2-3-11(16)7-15/h11,16H,2-10H2,1H3,(H,14,17). The molecular weight excluding hydrogens is 232 g/mol.